The zero-order valence-electron chi connectivity index (χ0n) is 21.9. The Hall–Kier alpha value is -4.88. The molecule has 13 nitrogen and oxygen atoms in total. The van der Waals surface area contributed by atoms with E-state index in [1.807, 2.05) is 17.9 Å². The van der Waals surface area contributed by atoms with Crippen molar-refractivity contribution < 1.29 is 18.7 Å². The van der Waals surface area contributed by atoms with Crippen LogP contribution < -0.4 is 10.2 Å². The second-order valence-electron chi connectivity index (χ2n) is 9.85. The highest BCUT2D eigenvalue weighted by atomic mass is 19.1. The number of fused-ring (bicyclic) bond motifs is 4. The van der Waals surface area contributed by atoms with Crippen molar-refractivity contribution in [2.75, 3.05) is 30.4 Å². The lowest BCUT2D eigenvalue weighted by molar-refractivity contribution is 0.0593. The SMILES string of the molecule is COC(=O)c1cc(Nc2cc(C)[nH]n2)nc(N2CC3CCCC2CN3C(=O)c2ccc(-n3cc(F)cn3)nc2)n1. The predicted molar refractivity (Wildman–Crippen MR) is 141 cm³/mol. The number of ether oxygens (including phenoxy) is 1. The van der Waals surface area contributed by atoms with Crippen LogP contribution in [0.15, 0.2) is 42.9 Å². The number of aryl methyl sites for hydroxylation is 1. The topological polar surface area (TPSA) is 147 Å². The van der Waals surface area contributed by atoms with E-state index in [-0.39, 0.29) is 23.7 Å². The fraction of sp³-hybridized carbons (Fsp3) is 0.346. The molecule has 3 saturated heterocycles. The minimum Gasteiger partial charge on any atom is -0.464 e. The van der Waals surface area contributed by atoms with Crippen LogP contribution in [0.25, 0.3) is 5.82 Å². The van der Waals surface area contributed by atoms with Crippen LogP contribution in [-0.4, -0.2) is 84.0 Å². The molecular weight excluding hydrogens is 519 g/mol. The molecule has 1 amide bonds. The number of halogens is 1. The maximum Gasteiger partial charge on any atom is 0.356 e. The van der Waals surface area contributed by atoms with E-state index in [1.165, 1.54) is 30.3 Å². The molecule has 0 aliphatic carbocycles. The van der Waals surface area contributed by atoms with Gasteiger partial charge in [-0.25, -0.2) is 23.8 Å². The van der Waals surface area contributed by atoms with E-state index in [0.717, 1.165) is 31.2 Å². The molecule has 2 atom stereocenters. The van der Waals surface area contributed by atoms with Crippen LogP contribution in [0.3, 0.4) is 0 Å². The van der Waals surface area contributed by atoms with Crippen LogP contribution in [0.5, 0.6) is 0 Å². The third-order valence-electron chi connectivity index (χ3n) is 7.14. The third-order valence-corrected chi connectivity index (χ3v) is 7.14. The molecule has 40 heavy (non-hydrogen) atoms. The third kappa shape index (κ3) is 4.95. The molecule has 14 heteroatoms. The largest absolute Gasteiger partial charge is 0.464 e. The molecule has 7 rings (SSSR count). The maximum absolute atomic E-state index is 13.6. The summed E-state index contributed by atoms with van der Waals surface area (Å²) in [4.78, 5) is 43.5. The van der Waals surface area contributed by atoms with Gasteiger partial charge in [0, 0.05) is 49.2 Å². The van der Waals surface area contributed by atoms with Gasteiger partial charge in [-0.15, -0.1) is 0 Å². The van der Waals surface area contributed by atoms with Gasteiger partial charge in [-0.1, -0.05) is 0 Å². The highest BCUT2D eigenvalue weighted by Crippen LogP contribution is 2.32. The number of amides is 1. The molecule has 0 saturated carbocycles. The lowest BCUT2D eigenvalue weighted by atomic mass is 10.1. The molecule has 0 aromatic carbocycles. The van der Waals surface area contributed by atoms with Gasteiger partial charge >= 0.3 is 5.97 Å². The number of piperazine rings is 1. The molecule has 3 fully saturated rings. The summed E-state index contributed by atoms with van der Waals surface area (Å²) >= 11 is 0. The average molecular weight is 547 g/mol. The van der Waals surface area contributed by atoms with Crippen molar-refractivity contribution in [3.8, 4) is 5.82 Å². The molecule has 206 valence electrons. The van der Waals surface area contributed by atoms with Crippen molar-refractivity contribution in [2.45, 2.75) is 38.3 Å². The molecule has 7 heterocycles. The number of nitrogens with zero attached hydrogens (tertiary/aromatic N) is 8. The zero-order valence-corrected chi connectivity index (χ0v) is 21.9. The summed E-state index contributed by atoms with van der Waals surface area (Å²) in [6, 6.07) is 6.55. The fourth-order valence-corrected chi connectivity index (χ4v) is 5.22. The van der Waals surface area contributed by atoms with E-state index < -0.39 is 11.8 Å². The highest BCUT2D eigenvalue weighted by Gasteiger charge is 2.40. The molecule has 2 unspecified atom stereocenters. The van der Waals surface area contributed by atoms with Crippen LogP contribution in [-0.2, 0) is 4.74 Å². The first-order valence-electron chi connectivity index (χ1n) is 12.9. The summed E-state index contributed by atoms with van der Waals surface area (Å²) in [5.74, 6) is 0.614. The van der Waals surface area contributed by atoms with E-state index >= 15 is 0 Å². The summed E-state index contributed by atoms with van der Waals surface area (Å²) in [5, 5.41) is 14.1. The van der Waals surface area contributed by atoms with E-state index in [9.17, 15) is 14.0 Å². The summed E-state index contributed by atoms with van der Waals surface area (Å²) in [5.41, 5.74) is 1.44. The first-order valence-corrected chi connectivity index (χ1v) is 12.9. The minimum absolute atomic E-state index is 0.0460. The predicted octanol–water partition coefficient (Wildman–Crippen LogP) is 2.64. The number of carbonyl (C=O) groups is 2. The van der Waals surface area contributed by atoms with Crippen LogP contribution in [0.2, 0.25) is 0 Å². The number of aromatic nitrogens is 7. The van der Waals surface area contributed by atoms with Crippen molar-refractivity contribution in [1.29, 1.82) is 0 Å². The molecule has 0 spiro atoms. The van der Waals surface area contributed by atoms with Crippen LogP contribution in [0, 0.1) is 12.7 Å². The van der Waals surface area contributed by atoms with Crippen LogP contribution in [0.4, 0.5) is 22.0 Å². The number of hydrogen-bond donors (Lipinski definition) is 2. The molecule has 2 bridgehead atoms. The first-order chi connectivity index (χ1) is 19.4. The molecule has 3 aliphatic rings. The summed E-state index contributed by atoms with van der Waals surface area (Å²) in [6.07, 6.45) is 6.42. The van der Waals surface area contributed by atoms with Gasteiger partial charge in [0.25, 0.3) is 5.91 Å². The lowest BCUT2D eigenvalue weighted by Gasteiger charge is -2.44. The van der Waals surface area contributed by atoms with Crippen molar-refractivity contribution in [3.63, 3.8) is 0 Å². The second-order valence-corrected chi connectivity index (χ2v) is 9.85. The number of esters is 1. The smallest absolute Gasteiger partial charge is 0.356 e. The number of rotatable bonds is 6. The van der Waals surface area contributed by atoms with Crippen molar-refractivity contribution in [3.05, 3.63) is 65.6 Å². The Morgan fingerprint density at radius 1 is 1.10 bits per heavy atom. The number of anilines is 3. The van der Waals surface area contributed by atoms with Gasteiger partial charge in [0.1, 0.15) is 5.82 Å². The molecule has 2 N–H and O–H groups in total. The molecule has 0 radical (unpaired) electrons. The number of carbonyl (C=O) groups excluding carboxylic acids is 2. The summed E-state index contributed by atoms with van der Waals surface area (Å²) in [7, 11) is 1.31. The van der Waals surface area contributed by atoms with Gasteiger partial charge in [-0.05, 0) is 38.3 Å². The zero-order chi connectivity index (χ0) is 27.8. The molecular formula is C26H27FN10O3. The van der Waals surface area contributed by atoms with Crippen molar-refractivity contribution in [2.24, 2.45) is 0 Å². The number of hydrogen-bond acceptors (Lipinski definition) is 10. The van der Waals surface area contributed by atoms with Gasteiger partial charge in [-0.2, -0.15) is 15.2 Å². The number of H-pyrrole nitrogens is 1. The van der Waals surface area contributed by atoms with Crippen molar-refractivity contribution in [1.82, 2.24) is 39.8 Å². The summed E-state index contributed by atoms with van der Waals surface area (Å²) in [6.45, 7) is 2.87. The normalized spacial score (nSPS) is 18.5. The standard InChI is InChI=1S/C26H27FN10O3/c1-15-8-22(34-33-15)31-21-9-20(25(39)40-2)30-26(32-21)36-14-18-4-3-5-19(36)13-35(18)24(38)16-6-7-23(28-10-16)37-12-17(27)11-29-37/h6-12,18-19H,3-5,13-14H2,1-2H3,(H2,30,31,32,33,34). The molecule has 3 aliphatic heterocycles. The van der Waals surface area contributed by atoms with Gasteiger partial charge in [-0.3, -0.25) is 9.89 Å². The lowest BCUT2D eigenvalue weighted by Crippen LogP contribution is -2.58. The Kier molecular flexibility index (Phi) is 6.58. The Balaban J connectivity index is 1.24. The van der Waals surface area contributed by atoms with Gasteiger partial charge < -0.3 is 19.9 Å². The van der Waals surface area contributed by atoms with E-state index in [4.69, 9.17) is 9.72 Å². The summed E-state index contributed by atoms with van der Waals surface area (Å²) < 4.78 is 19.6. The second kappa shape index (κ2) is 10.4. The number of nitrogens with one attached hydrogen (secondary N) is 2. The quantitative estimate of drug-likeness (QED) is 0.346. The average Bonchev–Trinajstić information content (AvgIpc) is 3.46. The Morgan fingerprint density at radius 2 is 1.95 bits per heavy atom. The number of methoxy groups -OCH3 is 1. The Bertz CT molecular complexity index is 1550. The Morgan fingerprint density at radius 3 is 2.65 bits per heavy atom. The van der Waals surface area contributed by atoms with E-state index in [1.54, 1.807) is 12.1 Å². The van der Waals surface area contributed by atoms with Gasteiger partial charge in [0.05, 0.1) is 25.1 Å². The van der Waals surface area contributed by atoms with E-state index in [0.29, 0.717) is 42.1 Å². The van der Waals surface area contributed by atoms with Crippen LogP contribution >= 0.6 is 0 Å². The molecule has 4 aromatic heterocycles. The van der Waals surface area contributed by atoms with Crippen molar-refractivity contribution >= 4 is 29.5 Å². The first kappa shape index (κ1) is 25.4. The monoisotopic (exact) mass is 546 g/mol. The minimum atomic E-state index is -0.574. The van der Waals surface area contributed by atoms with Gasteiger partial charge in [0.2, 0.25) is 5.95 Å². The maximum atomic E-state index is 13.6. The molecule has 4 aromatic rings. The highest BCUT2D eigenvalue weighted by molar-refractivity contribution is 5.94. The number of aromatic amines is 1. The number of pyridine rings is 1. The van der Waals surface area contributed by atoms with Crippen LogP contribution in [0.1, 0.15) is 45.8 Å². The van der Waals surface area contributed by atoms with E-state index in [2.05, 4.69) is 35.5 Å². The fourth-order valence-electron chi connectivity index (χ4n) is 5.22. The van der Waals surface area contributed by atoms with Gasteiger partial charge in [0.15, 0.2) is 23.1 Å². The Labute approximate surface area is 228 Å².